The fourth-order valence-corrected chi connectivity index (χ4v) is 1.73. The van der Waals surface area contributed by atoms with Gasteiger partial charge in [0.15, 0.2) is 0 Å². The van der Waals surface area contributed by atoms with E-state index in [0.717, 1.165) is 0 Å². The smallest absolute Gasteiger partial charge is 0.244 e. The van der Waals surface area contributed by atoms with Gasteiger partial charge in [0.05, 0.1) is 11.2 Å². The largest absolute Gasteiger partial charge is 0.529 e. The fraction of sp³-hybridized carbons (Fsp3) is 0.429. The van der Waals surface area contributed by atoms with Gasteiger partial charge >= 0.3 is 0 Å². The van der Waals surface area contributed by atoms with Crippen molar-refractivity contribution in [3.63, 3.8) is 0 Å². The van der Waals surface area contributed by atoms with Crippen LogP contribution in [0.15, 0.2) is 6.20 Å². The number of nitrogens with zero attached hydrogens (tertiary/aromatic N) is 2. The first kappa shape index (κ1) is 10.8. The SMILES string of the molecule is C[Si](C)(C)Oc1nncc(Cl)c1Cl. The molecule has 72 valence electrons. The third-order valence-corrected chi connectivity index (χ3v) is 2.67. The van der Waals surface area contributed by atoms with Gasteiger partial charge in [0.1, 0.15) is 5.02 Å². The molecule has 13 heavy (non-hydrogen) atoms. The summed E-state index contributed by atoms with van der Waals surface area (Å²) < 4.78 is 5.56. The number of aromatic nitrogens is 2. The van der Waals surface area contributed by atoms with Gasteiger partial charge < -0.3 is 4.43 Å². The molecule has 0 radical (unpaired) electrons. The predicted molar refractivity (Wildman–Crippen MR) is 56.0 cm³/mol. The molecule has 0 saturated carbocycles. The lowest BCUT2D eigenvalue weighted by Crippen LogP contribution is -2.30. The summed E-state index contributed by atoms with van der Waals surface area (Å²) in [5, 5.41) is 8.13. The van der Waals surface area contributed by atoms with Crippen LogP contribution in [0.4, 0.5) is 0 Å². The molecule has 1 aromatic heterocycles. The van der Waals surface area contributed by atoms with E-state index in [9.17, 15) is 0 Å². The first-order valence-corrected chi connectivity index (χ1v) is 7.92. The van der Waals surface area contributed by atoms with E-state index in [-0.39, 0.29) is 0 Å². The molecule has 0 atom stereocenters. The lowest BCUT2D eigenvalue weighted by Gasteiger charge is -2.18. The van der Waals surface area contributed by atoms with E-state index in [4.69, 9.17) is 27.6 Å². The Bertz CT molecular complexity index is 314. The highest BCUT2D eigenvalue weighted by Crippen LogP contribution is 2.29. The first-order chi connectivity index (χ1) is 5.90. The molecule has 0 aliphatic carbocycles. The van der Waals surface area contributed by atoms with Crippen LogP contribution in [0.25, 0.3) is 0 Å². The van der Waals surface area contributed by atoms with E-state index in [1.807, 2.05) is 19.6 Å². The molecule has 0 unspecified atom stereocenters. The monoisotopic (exact) mass is 236 g/mol. The molecular formula is C7H10Cl2N2OSi. The van der Waals surface area contributed by atoms with Gasteiger partial charge in [0, 0.05) is 0 Å². The molecule has 0 aromatic carbocycles. The molecule has 1 heterocycles. The Morgan fingerprint density at radius 3 is 2.46 bits per heavy atom. The van der Waals surface area contributed by atoms with Crippen LogP contribution in [0, 0.1) is 0 Å². The van der Waals surface area contributed by atoms with Crippen LogP contribution in [0.5, 0.6) is 5.88 Å². The van der Waals surface area contributed by atoms with Crippen LogP contribution in [0.1, 0.15) is 0 Å². The van der Waals surface area contributed by atoms with E-state index in [1.54, 1.807) is 0 Å². The van der Waals surface area contributed by atoms with Gasteiger partial charge in [-0.25, -0.2) is 0 Å². The zero-order chi connectivity index (χ0) is 10.1. The maximum absolute atomic E-state index is 5.86. The molecule has 3 nitrogen and oxygen atoms in total. The summed E-state index contributed by atoms with van der Waals surface area (Å²) in [6.07, 6.45) is 1.39. The van der Waals surface area contributed by atoms with E-state index in [1.165, 1.54) is 6.20 Å². The first-order valence-electron chi connectivity index (χ1n) is 3.76. The Labute approximate surface area is 88.2 Å². The topological polar surface area (TPSA) is 35.0 Å². The summed E-state index contributed by atoms with van der Waals surface area (Å²) in [5.41, 5.74) is 0. The highest BCUT2D eigenvalue weighted by atomic mass is 35.5. The molecule has 1 rings (SSSR count). The van der Waals surface area contributed by atoms with E-state index < -0.39 is 8.32 Å². The Morgan fingerprint density at radius 1 is 1.31 bits per heavy atom. The van der Waals surface area contributed by atoms with Gasteiger partial charge in [-0.15, -0.1) is 5.10 Å². The van der Waals surface area contributed by atoms with Gasteiger partial charge in [0.25, 0.3) is 0 Å². The molecule has 0 saturated heterocycles. The molecule has 0 aliphatic heterocycles. The minimum atomic E-state index is -1.70. The zero-order valence-corrected chi connectivity index (χ0v) is 10.1. The van der Waals surface area contributed by atoms with Crippen molar-refractivity contribution in [3.8, 4) is 5.88 Å². The second-order valence-electron chi connectivity index (χ2n) is 3.53. The van der Waals surface area contributed by atoms with Crippen LogP contribution in [0.3, 0.4) is 0 Å². The maximum atomic E-state index is 5.86. The molecule has 0 bridgehead atoms. The van der Waals surface area contributed by atoms with Gasteiger partial charge in [-0.1, -0.05) is 23.2 Å². The standard InChI is InChI=1S/C7H10Cl2N2OSi/c1-13(2,3)12-7-6(9)5(8)4-10-11-7/h4H,1-3H3. The fourth-order valence-electron chi connectivity index (χ4n) is 0.690. The van der Waals surface area contributed by atoms with Crippen molar-refractivity contribution in [2.24, 2.45) is 0 Å². The Balaban J connectivity index is 2.96. The van der Waals surface area contributed by atoms with Crippen molar-refractivity contribution in [2.45, 2.75) is 19.6 Å². The molecule has 0 aliphatic rings. The molecule has 0 fully saturated rings. The number of hydrogen-bond donors (Lipinski definition) is 0. The highest BCUT2D eigenvalue weighted by Gasteiger charge is 2.20. The van der Waals surface area contributed by atoms with E-state index in [0.29, 0.717) is 15.9 Å². The van der Waals surface area contributed by atoms with Crippen molar-refractivity contribution >= 4 is 31.5 Å². The number of halogens is 2. The predicted octanol–water partition coefficient (Wildman–Crippen LogP) is 3.00. The molecule has 6 heteroatoms. The van der Waals surface area contributed by atoms with E-state index in [2.05, 4.69) is 10.2 Å². The lowest BCUT2D eigenvalue weighted by atomic mass is 10.6. The molecule has 0 N–H and O–H groups in total. The van der Waals surface area contributed by atoms with Gasteiger partial charge in [-0.2, -0.15) is 5.10 Å². The van der Waals surface area contributed by atoms with Crippen LogP contribution in [0.2, 0.25) is 29.7 Å². The van der Waals surface area contributed by atoms with Gasteiger partial charge in [0.2, 0.25) is 14.2 Å². The maximum Gasteiger partial charge on any atom is 0.244 e. The summed E-state index contributed by atoms with van der Waals surface area (Å²) >= 11 is 11.6. The zero-order valence-electron chi connectivity index (χ0n) is 7.64. The second kappa shape index (κ2) is 3.82. The third kappa shape index (κ3) is 3.13. The average Bonchev–Trinajstić information content (AvgIpc) is 1.96. The summed E-state index contributed by atoms with van der Waals surface area (Å²) in [6, 6.07) is 0. The van der Waals surface area contributed by atoms with Crippen molar-refractivity contribution in [1.82, 2.24) is 10.2 Å². The molecule has 0 amide bonds. The molecule has 1 aromatic rings. The summed E-state index contributed by atoms with van der Waals surface area (Å²) in [5.74, 6) is 0.327. The number of hydrogen-bond acceptors (Lipinski definition) is 3. The van der Waals surface area contributed by atoms with Gasteiger partial charge in [-0.3, -0.25) is 0 Å². The van der Waals surface area contributed by atoms with Gasteiger partial charge in [-0.05, 0) is 19.6 Å². The minimum Gasteiger partial charge on any atom is -0.529 e. The van der Waals surface area contributed by atoms with Crippen molar-refractivity contribution in [2.75, 3.05) is 0 Å². The number of rotatable bonds is 2. The molecular weight excluding hydrogens is 227 g/mol. The van der Waals surface area contributed by atoms with Crippen molar-refractivity contribution in [3.05, 3.63) is 16.2 Å². The Hall–Kier alpha value is -0.323. The third-order valence-electron chi connectivity index (χ3n) is 1.12. The minimum absolute atomic E-state index is 0.327. The Kier molecular flexibility index (Phi) is 3.16. The normalized spacial score (nSPS) is 11.5. The van der Waals surface area contributed by atoms with Crippen LogP contribution >= 0.6 is 23.2 Å². The van der Waals surface area contributed by atoms with E-state index >= 15 is 0 Å². The van der Waals surface area contributed by atoms with Crippen molar-refractivity contribution < 1.29 is 4.43 Å². The quantitative estimate of drug-likeness (QED) is 0.741. The van der Waals surface area contributed by atoms with Crippen LogP contribution < -0.4 is 4.43 Å². The highest BCUT2D eigenvalue weighted by molar-refractivity contribution is 6.70. The van der Waals surface area contributed by atoms with Crippen LogP contribution in [-0.2, 0) is 0 Å². The lowest BCUT2D eigenvalue weighted by molar-refractivity contribution is 0.524. The molecule has 0 spiro atoms. The van der Waals surface area contributed by atoms with Crippen molar-refractivity contribution in [1.29, 1.82) is 0 Å². The summed E-state index contributed by atoms with van der Waals surface area (Å²) in [6.45, 7) is 6.10. The summed E-state index contributed by atoms with van der Waals surface area (Å²) in [7, 11) is -1.70. The Morgan fingerprint density at radius 2 is 1.92 bits per heavy atom. The summed E-state index contributed by atoms with van der Waals surface area (Å²) in [4.78, 5) is 0. The second-order valence-corrected chi connectivity index (χ2v) is 8.74. The van der Waals surface area contributed by atoms with Crippen LogP contribution in [-0.4, -0.2) is 18.5 Å². The average molecular weight is 237 g/mol.